The predicted molar refractivity (Wildman–Crippen MR) is 106 cm³/mol. The summed E-state index contributed by atoms with van der Waals surface area (Å²) in [5.41, 5.74) is 3.47. The van der Waals surface area contributed by atoms with Gasteiger partial charge in [-0.3, -0.25) is 4.99 Å². The second kappa shape index (κ2) is 6.99. The van der Waals surface area contributed by atoms with E-state index >= 15 is 0 Å². The highest BCUT2D eigenvalue weighted by molar-refractivity contribution is 6.32. The number of nitrogens with one attached hydrogen (secondary N) is 2. The van der Waals surface area contributed by atoms with Crippen molar-refractivity contribution in [2.75, 3.05) is 18.4 Å². The van der Waals surface area contributed by atoms with Crippen LogP contribution in [0.15, 0.2) is 47.5 Å². The first-order valence-electron chi connectivity index (χ1n) is 8.71. The Morgan fingerprint density at radius 3 is 2.64 bits per heavy atom. The van der Waals surface area contributed by atoms with Gasteiger partial charge in [-0.05, 0) is 67.7 Å². The molecule has 0 radical (unpaired) electrons. The molecule has 1 fully saturated rings. The number of piperidine rings is 1. The lowest BCUT2D eigenvalue weighted by molar-refractivity contribution is 0.293. The molecule has 5 heteroatoms. The van der Waals surface area contributed by atoms with Gasteiger partial charge in [0.1, 0.15) is 5.84 Å². The third-order valence-corrected chi connectivity index (χ3v) is 5.85. The molecular weight excluding hydrogens is 353 g/mol. The van der Waals surface area contributed by atoms with E-state index in [0.717, 1.165) is 59.5 Å². The van der Waals surface area contributed by atoms with Gasteiger partial charge < -0.3 is 10.6 Å². The number of nitrogens with zero attached hydrogens (tertiary/aromatic N) is 1. The molecule has 2 N–H and O–H groups in total. The van der Waals surface area contributed by atoms with Crippen LogP contribution in [0.5, 0.6) is 0 Å². The van der Waals surface area contributed by atoms with E-state index in [0.29, 0.717) is 6.54 Å². The minimum Gasteiger partial charge on any atom is -0.343 e. The van der Waals surface area contributed by atoms with Crippen LogP contribution < -0.4 is 10.6 Å². The summed E-state index contributed by atoms with van der Waals surface area (Å²) in [7, 11) is 0. The second-order valence-corrected chi connectivity index (χ2v) is 7.74. The molecule has 0 saturated carbocycles. The molecule has 25 heavy (non-hydrogen) atoms. The van der Waals surface area contributed by atoms with E-state index in [9.17, 15) is 0 Å². The number of aliphatic imine (C=N–C) groups is 1. The number of hydrogen-bond acceptors (Lipinski definition) is 2. The van der Waals surface area contributed by atoms with Crippen LogP contribution in [0.25, 0.3) is 0 Å². The smallest absolute Gasteiger partial charge is 0.108 e. The summed E-state index contributed by atoms with van der Waals surface area (Å²) in [4.78, 5) is 4.98. The van der Waals surface area contributed by atoms with Crippen LogP contribution in [0.1, 0.15) is 24.0 Å². The molecule has 2 aliphatic rings. The van der Waals surface area contributed by atoms with Crippen molar-refractivity contribution in [2.45, 2.75) is 25.8 Å². The standard InChI is InChI=1S/C20H21Cl2N3/c21-15-4-1-3-14(11-15)13-24-19-20(7-9-23-10-8-20)12-16-17(22)5-2-6-18(16)25-19/h1-6,11,23H,7-10,12-13H2,(H,24,25). The van der Waals surface area contributed by atoms with E-state index in [1.165, 1.54) is 5.56 Å². The first-order chi connectivity index (χ1) is 12.2. The van der Waals surface area contributed by atoms with Crippen molar-refractivity contribution in [1.29, 1.82) is 0 Å². The van der Waals surface area contributed by atoms with Crippen LogP contribution in [-0.2, 0) is 13.0 Å². The van der Waals surface area contributed by atoms with Gasteiger partial charge in [-0.2, -0.15) is 0 Å². The number of fused-ring (bicyclic) bond motifs is 1. The van der Waals surface area contributed by atoms with Gasteiger partial charge >= 0.3 is 0 Å². The van der Waals surface area contributed by atoms with Crippen molar-refractivity contribution in [3.8, 4) is 0 Å². The predicted octanol–water partition coefficient (Wildman–Crippen LogP) is 4.93. The highest BCUT2D eigenvalue weighted by atomic mass is 35.5. The van der Waals surface area contributed by atoms with Crippen molar-refractivity contribution in [3.05, 3.63) is 63.6 Å². The first-order valence-corrected chi connectivity index (χ1v) is 9.46. The molecule has 3 nitrogen and oxygen atoms in total. The highest BCUT2D eigenvalue weighted by Crippen LogP contribution is 2.43. The molecule has 0 aromatic heterocycles. The summed E-state index contributed by atoms with van der Waals surface area (Å²) in [6.45, 7) is 2.66. The fraction of sp³-hybridized carbons (Fsp3) is 0.350. The van der Waals surface area contributed by atoms with Crippen molar-refractivity contribution in [3.63, 3.8) is 0 Å². The third-order valence-electron chi connectivity index (χ3n) is 5.26. The van der Waals surface area contributed by atoms with E-state index in [-0.39, 0.29) is 5.41 Å². The van der Waals surface area contributed by atoms with Crippen LogP contribution in [0.4, 0.5) is 5.69 Å². The summed E-state index contributed by atoms with van der Waals surface area (Å²) >= 11 is 12.6. The number of benzene rings is 2. The molecule has 0 atom stereocenters. The Balaban J connectivity index is 1.69. The van der Waals surface area contributed by atoms with Crippen molar-refractivity contribution >= 4 is 34.7 Å². The van der Waals surface area contributed by atoms with Crippen molar-refractivity contribution in [2.24, 2.45) is 10.4 Å². The zero-order chi connectivity index (χ0) is 17.3. The van der Waals surface area contributed by atoms with Gasteiger partial charge in [0.05, 0.1) is 6.54 Å². The minimum atomic E-state index is 0.0435. The van der Waals surface area contributed by atoms with E-state index < -0.39 is 0 Å². The van der Waals surface area contributed by atoms with Gasteiger partial charge in [-0.15, -0.1) is 0 Å². The Bertz CT molecular complexity index is 810. The average Bonchev–Trinajstić information content (AvgIpc) is 2.62. The van der Waals surface area contributed by atoms with Gasteiger partial charge in [-0.1, -0.05) is 41.4 Å². The van der Waals surface area contributed by atoms with Crippen LogP contribution in [0.2, 0.25) is 10.0 Å². The summed E-state index contributed by atoms with van der Waals surface area (Å²) in [5.74, 6) is 1.09. The summed E-state index contributed by atoms with van der Waals surface area (Å²) < 4.78 is 0. The van der Waals surface area contributed by atoms with Gasteiger partial charge in [0, 0.05) is 21.1 Å². The average molecular weight is 374 g/mol. The van der Waals surface area contributed by atoms with Crippen molar-refractivity contribution in [1.82, 2.24) is 5.32 Å². The van der Waals surface area contributed by atoms with E-state index in [1.54, 1.807) is 0 Å². The highest BCUT2D eigenvalue weighted by Gasteiger charge is 2.41. The molecule has 0 amide bonds. The van der Waals surface area contributed by atoms with Crippen LogP contribution in [0, 0.1) is 5.41 Å². The van der Waals surface area contributed by atoms with Gasteiger partial charge in [0.15, 0.2) is 0 Å². The SMILES string of the molecule is Clc1cccc(CN=C2Nc3cccc(Cl)c3CC23CCNCC3)c1. The Labute approximate surface area is 158 Å². The number of hydrogen-bond donors (Lipinski definition) is 2. The number of rotatable bonds is 2. The monoisotopic (exact) mass is 373 g/mol. The molecule has 130 valence electrons. The van der Waals surface area contributed by atoms with Crippen molar-refractivity contribution < 1.29 is 0 Å². The largest absolute Gasteiger partial charge is 0.343 e. The lowest BCUT2D eigenvalue weighted by Crippen LogP contribution is -2.48. The molecular formula is C20H21Cl2N3. The molecule has 4 rings (SSSR count). The Morgan fingerprint density at radius 1 is 1.04 bits per heavy atom. The molecule has 1 spiro atoms. The molecule has 0 aliphatic carbocycles. The maximum absolute atomic E-state index is 6.47. The third kappa shape index (κ3) is 3.41. The number of anilines is 1. The minimum absolute atomic E-state index is 0.0435. The summed E-state index contributed by atoms with van der Waals surface area (Å²) in [6, 6.07) is 14.0. The quantitative estimate of drug-likeness (QED) is 0.782. The normalized spacial score (nSPS) is 20.3. The van der Waals surface area contributed by atoms with E-state index in [1.807, 2.05) is 30.3 Å². The van der Waals surface area contributed by atoms with Crippen LogP contribution >= 0.6 is 23.2 Å². The molecule has 2 aliphatic heterocycles. The van der Waals surface area contributed by atoms with E-state index in [4.69, 9.17) is 28.2 Å². The fourth-order valence-corrected chi connectivity index (χ4v) is 4.32. The molecule has 1 saturated heterocycles. The Kier molecular flexibility index (Phi) is 4.72. The Hall–Kier alpha value is -1.55. The number of halogens is 2. The van der Waals surface area contributed by atoms with Gasteiger partial charge in [0.2, 0.25) is 0 Å². The lowest BCUT2D eigenvalue weighted by Gasteiger charge is -2.43. The maximum atomic E-state index is 6.47. The molecule has 0 bridgehead atoms. The molecule has 2 heterocycles. The zero-order valence-electron chi connectivity index (χ0n) is 14.0. The van der Waals surface area contributed by atoms with Gasteiger partial charge in [-0.25, -0.2) is 0 Å². The van der Waals surface area contributed by atoms with Crippen LogP contribution in [0.3, 0.4) is 0 Å². The lowest BCUT2D eigenvalue weighted by atomic mass is 9.71. The van der Waals surface area contributed by atoms with E-state index in [2.05, 4.69) is 22.8 Å². The summed E-state index contributed by atoms with van der Waals surface area (Å²) in [5, 5.41) is 8.65. The maximum Gasteiger partial charge on any atom is 0.108 e. The topological polar surface area (TPSA) is 36.4 Å². The first kappa shape index (κ1) is 16.9. The summed E-state index contributed by atoms with van der Waals surface area (Å²) in [6.07, 6.45) is 3.09. The molecule has 0 unspecified atom stereocenters. The van der Waals surface area contributed by atoms with Gasteiger partial charge in [0.25, 0.3) is 0 Å². The zero-order valence-corrected chi connectivity index (χ0v) is 15.5. The fourth-order valence-electron chi connectivity index (χ4n) is 3.87. The second-order valence-electron chi connectivity index (χ2n) is 6.89. The molecule has 2 aromatic carbocycles. The number of amidine groups is 1. The molecule has 2 aromatic rings. The van der Waals surface area contributed by atoms with Crippen LogP contribution in [-0.4, -0.2) is 18.9 Å². The Morgan fingerprint density at radius 2 is 1.84 bits per heavy atom.